The fourth-order valence-electron chi connectivity index (χ4n) is 2.72. The highest BCUT2D eigenvalue weighted by molar-refractivity contribution is 9.09. The van der Waals surface area contributed by atoms with Gasteiger partial charge in [0.15, 0.2) is 0 Å². The maximum atomic E-state index is 5.43. The molecule has 0 heterocycles. The van der Waals surface area contributed by atoms with Gasteiger partial charge in [-0.2, -0.15) is 0 Å². The predicted octanol–water partition coefficient (Wildman–Crippen LogP) is 4.38. The Morgan fingerprint density at radius 3 is 2.20 bits per heavy atom. The Bertz CT molecular complexity index is 174. The van der Waals surface area contributed by atoms with Crippen LogP contribution >= 0.6 is 31.9 Å². The second-order valence-corrected chi connectivity index (χ2v) is 5.98. The standard InChI is InChI=1S/C12H22Br2O/c1-10(15-2)7-12(8-13,9-14)11-5-3-4-6-11/h10-11H,3-9H2,1-2H3. The molecule has 1 atom stereocenters. The molecule has 90 valence electrons. The van der Waals surface area contributed by atoms with Crippen molar-refractivity contribution in [2.24, 2.45) is 11.3 Å². The van der Waals surface area contributed by atoms with Crippen molar-refractivity contribution in [3.63, 3.8) is 0 Å². The Morgan fingerprint density at radius 1 is 1.27 bits per heavy atom. The number of ether oxygens (including phenoxy) is 1. The van der Waals surface area contributed by atoms with E-state index < -0.39 is 0 Å². The van der Waals surface area contributed by atoms with Crippen molar-refractivity contribution in [3.8, 4) is 0 Å². The zero-order valence-corrected chi connectivity index (χ0v) is 12.9. The molecule has 1 rings (SSSR count). The Kier molecular flexibility index (Phi) is 6.16. The summed E-state index contributed by atoms with van der Waals surface area (Å²) < 4.78 is 5.43. The molecule has 1 aliphatic carbocycles. The van der Waals surface area contributed by atoms with Gasteiger partial charge in [0.25, 0.3) is 0 Å². The lowest BCUT2D eigenvalue weighted by Gasteiger charge is -2.38. The smallest absolute Gasteiger partial charge is 0.0549 e. The zero-order chi connectivity index (χ0) is 11.3. The van der Waals surface area contributed by atoms with Crippen LogP contribution in [0.25, 0.3) is 0 Å². The van der Waals surface area contributed by atoms with Crippen LogP contribution in [-0.2, 0) is 4.74 Å². The van der Waals surface area contributed by atoms with E-state index in [0.29, 0.717) is 11.5 Å². The van der Waals surface area contributed by atoms with E-state index in [2.05, 4.69) is 38.8 Å². The summed E-state index contributed by atoms with van der Waals surface area (Å²) in [5.41, 5.74) is 0.395. The molecule has 1 unspecified atom stereocenters. The molecule has 0 saturated heterocycles. The summed E-state index contributed by atoms with van der Waals surface area (Å²) in [4.78, 5) is 0. The van der Waals surface area contributed by atoms with Crippen LogP contribution < -0.4 is 0 Å². The molecule has 0 aromatic heterocycles. The van der Waals surface area contributed by atoms with Crippen LogP contribution in [0.1, 0.15) is 39.0 Å². The third-order valence-electron chi connectivity index (χ3n) is 3.85. The summed E-state index contributed by atoms with van der Waals surface area (Å²) in [5.74, 6) is 0.869. The van der Waals surface area contributed by atoms with Crippen molar-refractivity contribution in [2.75, 3.05) is 17.8 Å². The Hall–Kier alpha value is 0.920. The van der Waals surface area contributed by atoms with Crippen molar-refractivity contribution in [1.82, 2.24) is 0 Å². The first kappa shape index (κ1) is 14.0. The van der Waals surface area contributed by atoms with E-state index in [0.717, 1.165) is 23.0 Å². The van der Waals surface area contributed by atoms with Crippen LogP contribution in [0.4, 0.5) is 0 Å². The first-order valence-electron chi connectivity index (χ1n) is 5.83. The van der Waals surface area contributed by atoms with E-state index in [1.54, 1.807) is 0 Å². The third-order valence-corrected chi connectivity index (χ3v) is 6.08. The molecule has 0 amide bonds. The van der Waals surface area contributed by atoms with Crippen LogP contribution in [0, 0.1) is 11.3 Å². The molecule has 0 aromatic rings. The number of rotatable bonds is 6. The SMILES string of the molecule is COC(C)CC(CBr)(CBr)C1CCCC1. The highest BCUT2D eigenvalue weighted by atomic mass is 79.9. The number of hydrogen-bond donors (Lipinski definition) is 0. The largest absolute Gasteiger partial charge is 0.382 e. The van der Waals surface area contributed by atoms with Crippen molar-refractivity contribution < 1.29 is 4.74 Å². The summed E-state index contributed by atoms with van der Waals surface area (Å²) in [7, 11) is 1.81. The quantitative estimate of drug-likeness (QED) is 0.651. The molecule has 15 heavy (non-hydrogen) atoms. The molecule has 1 fully saturated rings. The molecule has 1 aliphatic rings. The molecule has 3 heteroatoms. The van der Waals surface area contributed by atoms with Gasteiger partial charge >= 0.3 is 0 Å². The van der Waals surface area contributed by atoms with Crippen molar-refractivity contribution in [1.29, 1.82) is 0 Å². The highest BCUT2D eigenvalue weighted by Crippen LogP contribution is 2.45. The fraction of sp³-hybridized carbons (Fsp3) is 1.00. The van der Waals surface area contributed by atoms with Crippen molar-refractivity contribution in [2.45, 2.75) is 45.1 Å². The fourth-order valence-corrected chi connectivity index (χ4v) is 5.03. The second kappa shape index (κ2) is 6.61. The summed E-state index contributed by atoms with van der Waals surface area (Å²) in [6.45, 7) is 2.18. The average Bonchev–Trinajstić information content (AvgIpc) is 2.79. The van der Waals surface area contributed by atoms with E-state index in [1.165, 1.54) is 25.7 Å². The van der Waals surface area contributed by atoms with E-state index in [-0.39, 0.29) is 0 Å². The number of halogens is 2. The third kappa shape index (κ3) is 3.44. The molecule has 0 radical (unpaired) electrons. The summed E-state index contributed by atoms with van der Waals surface area (Å²) in [5, 5.41) is 2.17. The molecule has 0 spiro atoms. The van der Waals surface area contributed by atoms with Gasteiger partial charge in [0.05, 0.1) is 6.10 Å². The first-order valence-corrected chi connectivity index (χ1v) is 8.07. The summed E-state index contributed by atoms with van der Waals surface area (Å²) >= 11 is 7.43. The van der Waals surface area contributed by atoms with Gasteiger partial charge in [0.1, 0.15) is 0 Å². The molecule has 0 aliphatic heterocycles. The van der Waals surface area contributed by atoms with E-state index in [1.807, 2.05) is 7.11 Å². The molecular formula is C12H22Br2O. The van der Waals surface area contributed by atoms with Crippen LogP contribution in [-0.4, -0.2) is 23.9 Å². The van der Waals surface area contributed by atoms with Crippen LogP contribution in [0.5, 0.6) is 0 Å². The lowest BCUT2D eigenvalue weighted by molar-refractivity contribution is 0.0584. The second-order valence-electron chi connectivity index (χ2n) is 4.86. The number of methoxy groups -OCH3 is 1. The minimum absolute atomic E-state index is 0.362. The highest BCUT2D eigenvalue weighted by Gasteiger charge is 2.39. The molecule has 0 N–H and O–H groups in total. The van der Waals surface area contributed by atoms with Gasteiger partial charge < -0.3 is 4.74 Å². The van der Waals surface area contributed by atoms with Gasteiger partial charge in [-0.05, 0) is 37.5 Å². The molecule has 1 saturated carbocycles. The lowest BCUT2D eigenvalue weighted by atomic mass is 9.74. The Balaban J connectivity index is 2.66. The van der Waals surface area contributed by atoms with Gasteiger partial charge in [-0.15, -0.1) is 0 Å². The van der Waals surface area contributed by atoms with Gasteiger partial charge in [0.2, 0.25) is 0 Å². The topological polar surface area (TPSA) is 9.23 Å². The number of hydrogen-bond acceptors (Lipinski definition) is 1. The molecule has 0 aromatic carbocycles. The minimum Gasteiger partial charge on any atom is -0.382 e. The van der Waals surface area contributed by atoms with E-state index >= 15 is 0 Å². The lowest BCUT2D eigenvalue weighted by Crippen LogP contribution is -2.36. The maximum Gasteiger partial charge on any atom is 0.0549 e. The average molecular weight is 342 g/mol. The van der Waals surface area contributed by atoms with E-state index in [9.17, 15) is 0 Å². The van der Waals surface area contributed by atoms with Crippen LogP contribution in [0.2, 0.25) is 0 Å². The van der Waals surface area contributed by atoms with Crippen molar-refractivity contribution in [3.05, 3.63) is 0 Å². The molecular weight excluding hydrogens is 320 g/mol. The van der Waals surface area contributed by atoms with Gasteiger partial charge in [0, 0.05) is 17.8 Å². The first-order chi connectivity index (χ1) is 7.18. The Labute approximate surface area is 111 Å². The van der Waals surface area contributed by atoms with E-state index in [4.69, 9.17) is 4.74 Å². The van der Waals surface area contributed by atoms with Crippen LogP contribution in [0.3, 0.4) is 0 Å². The molecule has 0 bridgehead atoms. The Morgan fingerprint density at radius 2 is 1.80 bits per heavy atom. The van der Waals surface area contributed by atoms with Gasteiger partial charge in [-0.25, -0.2) is 0 Å². The number of alkyl halides is 2. The minimum atomic E-state index is 0.362. The predicted molar refractivity (Wildman–Crippen MR) is 73.1 cm³/mol. The normalized spacial score (nSPS) is 20.8. The summed E-state index contributed by atoms with van der Waals surface area (Å²) in [6.07, 6.45) is 7.13. The van der Waals surface area contributed by atoms with Crippen molar-refractivity contribution >= 4 is 31.9 Å². The summed E-state index contributed by atoms with van der Waals surface area (Å²) in [6, 6.07) is 0. The van der Waals surface area contributed by atoms with Crippen LogP contribution in [0.15, 0.2) is 0 Å². The van der Waals surface area contributed by atoms with Gasteiger partial charge in [-0.1, -0.05) is 44.7 Å². The zero-order valence-electron chi connectivity index (χ0n) is 9.77. The van der Waals surface area contributed by atoms with Gasteiger partial charge in [-0.3, -0.25) is 0 Å². The monoisotopic (exact) mass is 340 g/mol. The maximum absolute atomic E-state index is 5.43. The molecule has 1 nitrogen and oxygen atoms in total.